The van der Waals surface area contributed by atoms with E-state index < -0.39 is 0 Å². The molecule has 0 aliphatic carbocycles. The van der Waals surface area contributed by atoms with Gasteiger partial charge in [-0.05, 0) is 24.0 Å². The lowest BCUT2D eigenvalue weighted by Gasteiger charge is -2.11. The van der Waals surface area contributed by atoms with Crippen LogP contribution in [0.3, 0.4) is 0 Å². The van der Waals surface area contributed by atoms with Gasteiger partial charge in [0.2, 0.25) is 0 Å². The molecule has 0 fully saturated rings. The Hall–Kier alpha value is -2.12. The monoisotopic (exact) mass is 375 g/mol. The number of benzene rings is 2. The first-order chi connectivity index (χ1) is 12.2. The maximum atomic E-state index is 5.90. The third kappa shape index (κ3) is 5.72. The summed E-state index contributed by atoms with van der Waals surface area (Å²) in [5.74, 6) is 2.23. The van der Waals surface area contributed by atoms with E-state index in [0.717, 1.165) is 22.0 Å². The van der Waals surface area contributed by atoms with Gasteiger partial charge in [0.05, 0.1) is 25.3 Å². The molecule has 2 aromatic carbocycles. The van der Waals surface area contributed by atoms with E-state index in [9.17, 15) is 0 Å². The average molecular weight is 376 g/mol. The SMILES string of the molecule is COc1cc(SC)c(OC)cc1C=NN=C(N)SCc1ccccc1. The number of ether oxygens (including phenoxy) is 2. The number of amidine groups is 1. The predicted octanol–water partition coefficient (Wildman–Crippen LogP) is 4.01. The van der Waals surface area contributed by atoms with Gasteiger partial charge in [-0.1, -0.05) is 42.1 Å². The van der Waals surface area contributed by atoms with Crippen molar-refractivity contribution in [1.82, 2.24) is 0 Å². The molecule has 0 spiro atoms. The molecule has 0 aromatic heterocycles. The normalized spacial score (nSPS) is 11.7. The van der Waals surface area contributed by atoms with Gasteiger partial charge in [0.1, 0.15) is 11.5 Å². The van der Waals surface area contributed by atoms with Crippen molar-refractivity contribution in [1.29, 1.82) is 0 Å². The highest BCUT2D eigenvalue weighted by molar-refractivity contribution is 8.13. The third-order valence-electron chi connectivity index (χ3n) is 3.32. The Morgan fingerprint density at radius 1 is 1.12 bits per heavy atom. The number of methoxy groups -OCH3 is 2. The predicted molar refractivity (Wildman–Crippen MR) is 108 cm³/mol. The molecule has 132 valence electrons. The number of rotatable bonds is 7. The first-order valence-corrected chi connectivity index (χ1v) is 9.72. The minimum atomic E-state index is 0.409. The molecule has 0 aliphatic heterocycles. The summed E-state index contributed by atoms with van der Waals surface area (Å²) >= 11 is 3.03. The molecule has 0 bridgehead atoms. The number of nitrogens with two attached hydrogens (primary N) is 1. The summed E-state index contributed by atoms with van der Waals surface area (Å²) < 4.78 is 10.8. The van der Waals surface area contributed by atoms with Gasteiger partial charge in [-0.25, -0.2) is 0 Å². The molecule has 5 nitrogen and oxygen atoms in total. The molecule has 0 heterocycles. The number of hydrogen-bond donors (Lipinski definition) is 1. The molecule has 25 heavy (non-hydrogen) atoms. The van der Waals surface area contributed by atoms with Crippen LogP contribution in [0.25, 0.3) is 0 Å². The van der Waals surface area contributed by atoms with Crippen molar-refractivity contribution < 1.29 is 9.47 Å². The Morgan fingerprint density at radius 2 is 1.84 bits per heavy atom. The van der Waals surface area contributed by atoms with Crippen LogP contribution in [0, 0.1) is 0 Å². The molecule has 0 unspecified atom stereocenters. The summed E-state index contributed by atoms with van der Waals surface area (Å²) in [4.78, 5) is 0.998. The first-order valence-electron chi connectivity index (χ1n) is 7.51. The maximum absolute atomic E-state index is 5.90. The highest BCUT2D eigenvalue weighted by atomic mass is 32.2. The summed E-state index contributed by atoms with van der Waals surface area (Å²) in [7, 11) is 3.26. The molecule has 0 radical (unpaired) electrons. The van der Waals surface area contributed by atoms with Crippen molar-refractivity contribution in [2.75, 3.05) is 20.5 Å². The van der Waals surface area contributed by atoms with Gasteiger partial charge in [0, 0.05) is 11.3 Å². The lowest BCUT2D eigenvalue weighted by Crippen LogP contribution is -2.06. The van der Waals surface area contributed by atoms with Crippen molar-refractivity contribution in [3.63, 3.8) is 0 Å². The van der Waals surface area contributed by atoms with E-state index in [2.05, 4.69) is 10.2 Å². The molecule has 2 N–H and O–H groups in total. The van der Waals surface area contributed by atoms with E-state index in [1.165, 1.54) is 17.3 Å². The zero-order chi connectivity index (χ0) is 18.1. The smallest absolute Gasteiger partial charge is 0.180 e. The molecule has 7 heteroatoms. The lowest BCUT2D eigenvalue weighted by molar-refractivity contribution is 0.394. The van der Waals surface area contributed by atoms with Crippen LogP contribution in [0.4, 0.5) is 0 Å². The van der Waals surface area contributed by atoms with Crippen LogP contribution in [-0.2, 0) is 5.75 Å². The van der Waals surface area contributed by atoms with Gasteiger partial charge < -0.3 is 15.2 Å². The van der Waals surface area contributed by atoms with Crippen LogP contribution in [0.5, 0.6) is 11.5 Å². The minimum absolute atomic E-state index is 0.409. The summed E-state index contributed by atoms with van der Waals surface area (Å²) in [6.07, 6.45) is 3.60. The summed E-state index contributed by atoms with van der Waals surface area (Å²) in [5.41, 5.74) is 7.87. The largest absolute Gasteiger partial charge is 0.496 e. The fourth-order valence-electron chi connectivity index (χ4n) is 2.06. The fraction of sp³-hybridized carbons (Fsp3) is 0.222. The Morgan fingerprint density at radius 3 is 2.48 bits per heavy atom. The number of thioether (sulfide) groups is 2. The maximum Gasteiger partial charge on any atom is 0.180 e. The summed E-state index contributed by atoms with van der Waals surface area (Å²) in [6.45, 7) is 0. The Balaban J connectivity index is 2.07. The Bertz CT molecular complexity index is 749. The zero-order valence-electron chi connectivity index (χ0n) is 14.4. The minimum Gasteiger partial charge on any atom is -0.496 e. The van der Waals surface area contributed by atoms with Crippen molar-refractivity contribution in [3.05, 3.63) is 53.6 Å². The topological polar surface area (TPSA) is 69.2 Å². The van der Waals surface area contributed by atoms with Gasteiger partial charge in [-0.3, -0.25) is 0 Å². The number of nitrogens with zero attached hydrogens (tertiary/aromatic N) is 2. The van der Waals surface area contributed by atoms with E-state index in [1.54, 1.807) is 32.2 Å². The molecular formula is C18H21N3O2S2. The standard InChI is InChI=1S/C18H21N3O2S2/c1-22-15-10-17(24-3)16(23-2)9-14(15)11-20-21-18(19)25-12-13-7-5-4-6-8-13/h4-11H,12H2,1-3H3,(H2,19,21). The van der Waals surface area contributed by atoms with Gasteiger partial charge in [-0.15, -0.1) is 16.9 Å². The van der Waals surface area contributed by atoms with Crippen LogP contribution in [0.15, 0.2) is 57.6 Å². The van der Waals surface area contributed by atoms with Crippen LogP contribution in [-0.4, -0.2) is 31.9 Å². The van der Waals surface area contributed by atoms with E-state index in [-0.39, 0.29) is 0 Å². The van der Waals surface area contributed by atoms with Crippen LogP contribution in [0.1, 0.15) is 11.1 Å². The van der Waals surface area contributed by atoms with Gasteiger partial charge in [0.25, 0.3) is 0 Å². The molecule has 2 rings (SSSR count). The average Bonchev–Trinajstić information content (AvgIpc) is 2.66. The van der Waals surface area contributed by atoms with E-state index in [4.69, 9.17) is 15.2 Å². The second-order valence-corrected chi connectivity index (χ2v) is 6.75. The second kappa shape index (κ2) is 10.0. The van der Waals surface area contributed by atoms with Crippen molar-refractivity contribution >= 4 is 34.9 Å². The highest BCUT2D eigenvalue weighted by Crippen LogP contribution is 2.33. The molecular weight excluding hydrogens is 354 g/mol. The molecule has 0 saturated heterocycles. The van der Waals surface area contributed by atoms with Crippen molar-refractivity contribution in [3.8, 4) is 11.5 Å². The Labute approximate surface area is 156 Å². The van der Waals surface area contributed by atoms with E-state index >= 15 is 0 Å². The zero-order valence-corrected chi connectivity index (χ0v) is 16.1. The van der Waals surface area contributed by atoms with E-state index in [0.29, 0.717) is 10.9 Å². The van der Waals surface area contributed by atoms with Crippen LogP contribution >= 0.6 is 23.5 Å². The molecule has 0 atom stereocenters. The molecule has 0 aliphatic rings. The van der Waals surface area contributed by atoms with Crippen molar-refractivity contribution in [2.24, 2.45) is 15.9 Å². The highest BCUT2D eigenvalue weighted by Gasteiger charge is 2.09. The molecule has 2 aromatic rings. The fourth-order valence-corrected chi connectivity index (χ4v) is 3.24. The Kier molecular flexibility index (Phi) is 7.69. The number of hydrogen-bond acceptors (Lipinski definition) is 6. The third-order valence-corrected chi connectivity index (χ3v) is 4.93. The first kappa shape index (κ1) is 19.2. The summed E-state index contributed by atoms with van der Waals surface area (Å²) in [5, 5.41) is 8.51. The summed E-state index contributed by atoms with van der Waals surface area (Å²) in [6, 6.07) is 13.9. The van der Waals surface area contributed by atoms with Gasteiger partial charge in [0.15, 0.2) is 5.17 Å². The van der Waals surface area contributed by atoms with Gasteiger partial charge >= 0.3 is 0 Å². The van der Waals surface area contributed by atoms with Crippen LogP contribution < -0.4 is 15.2 Å². The van der Waals surface area contributed by atoms with E-state index in [1.807, 2.05) is 48.7 Å². The quantitative estimate of drug-likeness (QED) is 0.343. The lowest BCUT2D eigenvalue weighted by atomic mass is 10.2. The van der Waals surface area contributed by atoms with Gasteiger partial charge in [-0.2, -0.15) is 5.10 Å². The molecule has 0 saturated carbocycles. The second-order valence-electron chi connectivity index (χ2n) is 4.91. The van der Waals surface area contributed by atoms with Crippen molar-refractivity contribution in [2.45, 2.75) is 10.6 Å². The molecule has 0 amide bonds. The van der Waals surface area contributed by atoms with Crippen LogP contribution in [0.2, 0.25) is 0 Å².